The van der Waals surface area contributed by atoms with Crippen molar-refractivity contribution in [2.75, 3.05) is 18.0 Å². The third kappa shape index (κ3) is 2.59. The van der Waals surface area contributed by atoms with Crippen LogP contribution in [0.1, 0.15) is 20.3 Å². The standard InChI is InChI=1S/C11H16ClN3/c1-8-3-9(2)6-15(5-8)11-4-10(12)13-7-14-11/h4,7-9H,3,5-6H2,1-2H3/t8-,9-/m0/s1. The SMILES string of the molecule is C[C@H]1C[C@H](C)CN(c2cc(Cl)ncn2)C1. The fourth-order valence-corrected chi connectivity index (χ4v) is 2.49. The second-order valence-corrected chi connectivity index (χ2v) is 4.94. The highest BCUT2D eigenvalue weighted by Crippen LogP contribution is 2.25. The van der Waals surface area contributed by atoms with E-state index in [4.69, 9.17) is 11.6 Å². The van der Waals surface area contributed by atoms with E-state index < -0.39 is 0 Å². The predicted molar refractivity (Wildman–Crippen MR) is 62.2 cm³/mol. The van der Waals surface area contributed by atoms with Crippen molar-refractivity contribution >= 4 is 17.4 Å². The van der Waals surface area contributed by atoms with Gasteiger partial charge in [0.05, 0.1) is 0 Å². The van der Waals surface area contributed by atoms with Crippen molar-refractivity contribution in [1.82, 2.24) is 9.97 Å². The molecule has 0 N–H and O–H groups in total. The van der Waals surface area contributed by atoms with Crippen molar-refractivity contribution < 1.29 is 0 Å². The summed E-state index contributed by atoms with van der Waals surface area (Å²) < 4.78 is 0. The summed E-state index contributed by atoms with van der Waals surface area (Å²) in [6.45, 7) is 6.70. The van der Waals surface area contributed by atoms with Crippen LogP contribution in [0.25, 0.3) is 0 Å². The second kappa shape index (κ2) is 4.35. The average molecular weight is 226 g/mol. The normalized spacial score (nSPS) is 26.7. The molecular formula is C11H16ClN3. The maximum Gasteiger partial charge on any atom is 0.134 e. The van der Waals surface area contributed by atoms with Gasteiger partial charge in [-0.05, 0) is 18.3 Å². The minimum Gasteiger partial charge on any atom is -0.356 e. The van der Waals surface area contributed by atoms with E-state index in [0.717, 1.165) is 30.7 Å². The lowest BCUT2D eigenvalue weighted by Gasteiger charge is -2.35. The number of halogens is 1. The van der Waals surface area contributed by atoms with Crippen molar-refractivity contribution in [2.24, 2.45) is 11.8 Å². The molecule has 3 nitrogen and oxygen atoms in total. The van der Waals surface area contributed by atoms with Crippen molar-refractivity contribution in [2.45, 2.75) is 20.3 Å². The Labute approximate surface area is 95.5 Å². The molecule has 15 heavy (non-hydrogen) atoms. The Bertz CT molecular complexity index is 332. The van der Waals surface area contributed by atoms with E-state index in [1.807, 2.05) is 6.07 Å². The lowest BCUT2D eigenvalue weighted by atomic mass is 9.92. The molecule has 4 heteroatoms. The molecule has 1 fully saturated rings. The zero-order valence-electron chi connectivity index (χ0n) is 9.15. The lowest BCUT2D eigenvalue weighted by molar-refractivity contribution is 0.355. The summed E-state index contributed by atoms with van der Waals surface area (Å²) in [5.41, 5.74) is 0. The van der Waals surface area contributed by atoms with Crippen LogP contribution in [0.4, 0.5) is 5.82 Å². The van der Waals surface area contributed by atoms with Crippen LogP contribution in [0.5, 0.6) is 0 Å². The maximum atomic E-state index is 5.86. The molecule has 0 unspecified atom stereocenters. The van der Waals surface area contributed by atoms with Gasteiger partial charge in [0, 0.05) is 19.2 Å². The Hall–Kier alpha value is -0.830. The number of hydrogen-bond donors (Lipinski definition) is 0. The van der Waals surface area contributed by atoms with Crippen molar-refractivity contribution in [1.29, 1.82) is 0 Å². The number of aromatic nitrogens is 2. The average Bonchev–Trinajstić information content (AvgIpc) is 2.16. The van der Waals surface area contributed by atoms with Gasteiger partial charge in [0.1, 0.15) is 17.3 Å². The van der Waals surface area contributed by atoms with Gasteiger partial charge in [-0.3, -0.25) is 0 Å². The quantitative estimate of drug-likeness (QED) is 0.688. The van der Waals surface area contributed by atoms with Gasteiger partial charge in [-0.15, -0.1) is 0 Å². The molecular weight excluding hydrogens is 210 g/mol. The first-order valence-electron chi connectivity index (χ1n) is 5.37. The van der Waals surface area contributed by atoms with Gasteiger partial charge in [0.2, 0.25) is 0 Å². The van der Waals surface area contributed by atoms with E-state index in [9.17, 15) is 0 Å². The van der Waals surface area contributed by atoms with Crippen LogP contribution >= 0.6 is 11.6 Å². The van der Waals surface area contributed by atoms with Crippen molar-refractivity contribution in [3.8, 4) is 0 Å². The summed E-state index contributed by atoms with van der Waals surface area (Å²) in [4.78, 5) is 10.5. The third-order valence-corrected chi connectivity index (χ3v) is 3.02. The summed E-state index contributed by atoms with van der Waals surface area (Å²) in [7, 11) is 0. The van der Waals surface area contributed by atoms with E-state index >= 15 is 0 Å². The van der Waals surface area contributed by atoms with Gasteiger partial charge in [0.25, 0.3) is 0 Å². The highest BCUT2D eigenvalue weighted by molar-refractivity contribution is 6.29. The maximum absolute atomic E-state index is 5.86. The Morgan fingerprint density at radius 2 is 1.93 bits per heavy atom. The first-order chi connectivity index (χ1) is 7.15. The third-order valence-electron chi connectivity index (χ3n) is 2.81. The molecule has 0 aliphatic carbocycles. The van der Waals surface area contributed by atoms with Gasteiger partial charge in [-0.2, -0.15) is 0 Å². The van der Waals surface area contributed by atoms with Crippen LogP contribution in [-0.2, 0) is 0 Å². The smallest absolute Gasteiger partial charge is 0.134 e. The van der Waals surface area contributed by atoms with E-state index in [-0.39, 0.29) is 0 Å². The Kier molecular flexibility index (Phi) is 3.10. The van der Waals surface area contributed by atoms with E-state index in [0.29, 0.717) is 5.15 Å². The van der Waals surface area contributed by atoms with Crippen molar-refractivity contribution in [3.63, 3.8) is 0 Å². The molecule has 1 saturated heterocycles. The second-order valence-electron chi connectivity index (χ2n) is 4.55. The first-order valence-corrected chi connectivity index (χ1v) is 5.75. The molecule has 82 valence electrons. The number of rotatable bonds is 1. The van der Waals surface area contributed by atoms with Gasteiger partial charge >= 0.3 is 0 Å². The monoisotopic (exact) mass is 225 g/mol. The summed E-state index contributed by atoms with van der Waals surface area (Å²) in [5.74, 6) is 2.40. The summed E-state index contributed by atoms with van der Waals surface area (Å²) in [6, 6.07) is 1.84. The fourth-order valence-electron chi connectivity index (χ4n) is 2.35. The van der Waals surface area contributed by atoms with Gasteiger partial charge in [0.15, 0.2) is 0 Å². The first kappa shape index (κ1) is 10.7. The largest absolute Gasteiger partial charge is 0.356 e. The molecule has 0 saturated carbocycles. The minimum atomic E-state index is 0.519. The minimum absolute atomic E-state index is 0.519. The highest BCUT2D eigenvalue weighted by atomic mass is 35.5. The molecule has 2 atom stereocenters. The van der Waals surface area contributed by atoms with E-state index in [1.54, 1.807) is 0 Å². The molecule has 1 aliphatic rings. The molecule has 0 spiro atoms. The molecule has 1 aliphatic heterocycles. The fraction of sp³-hybridized carbons (Fsp3) is 0.636. The van der Waals surface area contributed by atoms with Crippen molar-refractivity contribution in [3.05, 3.63) is 17.5 Å². The number of hydrogen-bond acceptors (Lipinski definition) is 3. The van der Waals surface area contributed by atoms with Crippen LogP contribution < -0.4 is 4.90 Å². The van der Waals surface area contributed by atoms with Crippen LogP contribution in [-0.4, -0.2) is 23.1 Å². The summed E-state index contributed by atoms with van der Waals surface area (Å²) >= 11 is 5.86. The zero-order chi connectivity index (χ0) is 10.8. The van der Waals surface area contributed by atoms with Gasteiger partial charge < -0.3 is 4.90 Å². The topological polar surface area (TPSA) is 29.0 Å². The molecule has 2 heterocycles. The molecule has 1 aromatic rings. The Morgan fingerprint density at radius 1 is 1.27 bits per heavy atom. The molecule has 0 aromatic carbocycles. The summed E-state index contributed by atoms with van der Waals surface area (Å²) in [5, 5.41) is 0.519. The van der Waals surface area contributed by atoms with Gasteiger partial charge in [-0.25, -0.2) is 9.97 Å². The van der Waals surface area contributed by atoms with Gasteiger partial charge in [-0.1, -0.05) is 25.4 Å². The Balaban J connectivity index is 2.16. The van der Waals surface area contributed by atoms with Crippen LogP contribution in [0.2, 0.25) is 5.15 Å². The zero-order valence-corrected chi connectivity index (χ0v) is 9.91. The van der Waals surface area contributed by atoms with Crippen LogP contribution in [0, 0.1) is 11.8 Å². The lowest BCUT2D eigenvalue weighted by Crippen LogP contribution is -2.39. The van der Waals surface area contributed by atoms with Crippen LogP contribution in [0.15, 0.2) is 12.4 Å². The predicted octanol–water partition coefficient (Wildman–Crippen LogP) is 2.61. The molecule has 0 radical (unpaired) electrons. The number of piperidine rings is 1. The molecule has 0 bridgehead atoms. The highest BCUT2D eigenvalue weighted by Gasteiger charge is 2.22. The number of anilines is 1. The van der Waals surface area contributed by atoms with Crippen LogP contribution in [0.3, 0.4) is 0 Å². The van der Waals surface area contributed by atoms with E-state index in [1.165, 1.54) is 12.7 Å². The molecule has 2 rings (SSSR count). The Morgan fingerprint density at radius 3 is 2.53 bits per heavy atom. The molecule has 1 aromatic heterocycles. The number of nitrogens with zero attached hydrogens (tertiary/aromatic N) is 3. The summed E-state index contributed by atoms with van der Waals surface area (Å²) in [6.07, 6.45) is 2.83. The van der Waals surface area contributed by atoms with E-state index in [2.05, 4.69) is 28.7 Å². The molecule has 0 amide bonds.